The molecule has 0 aromatic heterocycles. The van der Waals surface area contributed by atoms with Crippen LogP contribution in [0.1, 0.15) is 81.6 Å². The molecular formula is C35H57NO11. The van der Waals surface area contributed by atoms with Gasteiger partial charge >= 0.3 is 11.9 Å². The van der Waals surface area contributed by atoms with Crippen LogP contribution in [0.5, 0.6) is 0 Å². The average molecular weight is 668 g/mol. The predicted octanol–water partition coefficient (Wildman–Crippen LogP) is 3.26. The number of ether oxygens (including phenoxy) is 6. The molecule has 3 aliphatic rings. The fraction of sp³-hybridized carbons (Fsp3) is 0.829. The Morgan fingerprint density at radius 3 is 2.26 bits per heavy atom. The summed E-state index contributed by atoms with van der Waals surface area (Å²) in [6.07, 6.45) is -4.55. The molecule has 0 aromatic carbocycles. The van der Waals surface area contributed by atoms with E-state index < -0.39 is 83.3 Å². The summed E-state index contributed by atoms with van der Waals surface area (Å²) in [6.45, 7) is 18.9. The Bertz CT molecular complexity index is 1170. The lowest BCUT2D eigenvalue weighted by Gasteiger charge is -2.48. The highest BCUT2D eigenvalue weighted by Crippen LogP contribution is 2.40. The second-order valence-corrected chi connectivity index (χ2v) is 14.6. The quantitative estimate of drug-likeness (QED) is 0.261. The summed E-state index contributed by atoms with van der Waals surface area (Å²) < 4.78 is 37.4. The van der Waals surface area contributed by atoms with E-state index >= 15 is 0 Å². The number of carbonyl (C=O) groups is 4. The van der Waals surface area contributed by atoms with Crippen molar-refractivity contribution in [3.05, 3.63) is 12.2 Å². The van der Waals surface area contributed by atoms with Crippen molar-refractivity contribution < 1.29 is 52.7 Å². The van der Waals surface area contributed by atoms with Crippen LogP contribution in [0.3, 0.4) is 0 Å². The van der Waals surface area contributed by atoms with E-state index in [2.05, 4.69) is 6.58 Å². The van der Waals surface area contributed by atoms with Crippen LogP contribution in [0.4, 0.5) is 0 Å². The minimum atomic E-state index is -1.77. The summed E-state index contributed by atoms with van der Waals surface area (Å²) in [6, 6.07) is -0.263. The highest BCUT2D eigenvalue weighted by molar-refractivity contribution is 6.00. The Balaban J connectivity index is 2.23. The zero-order chi connectivity index (χ0) is 35.6. The number of ketones is 2. The monoisotopic (exact) mass is 667 g/mol. The van der Waals surface area contributed by atoms with Crippen molar-refractivity contribution in [2.45, 2.75) is 136 Å². The van der Waals surface area contributed by atoms with E-state index in [9.17, 15) is 24.3 Å². The number of likely N-dealkylation sites (N-methyl/N-ethyl adjacent to an activating group) is 1. The van der Waals surface area contributed by atoms with Crippen LogP contribution in [0, 0.1) is 23.7 Å². The topological polar surface area (TPSA) is 147 Å². The molecule has 268 valence electrons. The number of rotatable bonds is 5. The molecule has 3 rings (SSSR count). The lowest BCUT2D eigenvalue weighted by Crippen LogP contribution is -2.60. The number of aliphatic hydroxyl groups is 1. The summed E-state index contributed by atoms with van der Waals surface area (Å²) >= 11 is 0. The molecule has 12 nitrogen and oxygen atoms in total. The molecule has 3 aliphatic heterocycles. The minimum Gasteiger partial charge on any atom is -0.459 e. The number of nitrogens with zero attached hydrogens (tertiary/aromatic N) is 1. The van der Waals surface area contributed by atoms with Gasteiger partial charge in [0.2, 0.25) is 0 Å². The van der Waals surface area contributed by atoms with E-state index in [1.54, 1.807) is 34.6 Å². The molecule has 2 bridgehead atoms. The van der Waals surface area contributed by atoms with Crippen LogP contribution < -0.4 is 0 Å². The molecule has 3 heterocycles. The third-order valence-electron chi connectivity index (χ3n) is 10.1. The van der Waals surface area contributed by atoms with Crippen molar-refractivity contribution in [3.8, 4) is 0 Å². The molecule has 3 fully saturated rings. The van der Waals surface area contributed by atoms with Crippen LogP contribution in [0.25, 0.3) is 0 Å². The van der Waals surface area contributed by atoms with Gasteiger partial charge in [0, 0.05) is 24.7 Å². The molecule has 47 heavy (non-hydrogen) atoms. The van der Waals surface area contributed by atoms with Gasteiger partial charge in [-0.2, -0.15) is 0 Å². The molecule has 0 aliphatic carbocycles. The van der Waals surface area contributed by atoms with Crippen LogP contribution in [0.15, 0.2) is 12.2 Å². The van der Waals surface area contributed by atoms with Crippen molar-refractivity contribution in [3.63, 3.8) is 0 Å². The van der Waals surface area contributed by atoms with E-state index in [4.69, 9.17) is 28.4 Å². The Kier molecular flexibility index (Phi) is 13.0. The SMILES string of the molecule is C=C1CO[C@@H]2[C@@H](C)C(=O)[C@H](C)C[C@@](C)(OC1)[C@H](O[C@@H]1O[C@H](C)C[C@H](N(C)C)[C@H]1OC(C)=O)[C@@H](C)C(=O)[C@@H](C)C(=O)OC(CC)[C@@]2(C)O. The number of hydrogen-bond acceptors (Lipinski definition) is 12. The molecule has 1 unspecified atom stereocenters. The van der Waals surface area contributed by atoms with Gasteiger partial charge < -0.3 is 38.4 Å². The van der Waals surface area contributed by atoms with Gasteiger partial charge in [0.1, 0.15) is 23.4 Å². The number of fused-ring (bicyclic) bond motifs is 5. The maximum absolute atomic E-state index is 14.2. The van der Waals surface area contributed by atoms with Crippen LogP contribution in [-0.4, -0.2) is 115 Å². The number of carbonyl (C=O) groups excluding carboxylic acids is 4. The van der Waals surface area contributed by atoms with Gasteiger partial charge in [0.05, 0.1) is 43.2 Å². The van der Waals surface area contributed by atoms with Crippen LogP contribution in [-0.2, 0) is 47.6 Å². The molecule has 0 saturated carbocycles. The molecule has 3 saturated heterocycles. The van der Waals surface area contributed by atoms with Crippen LogP contribution in [0.2, 0.25) is 0 Å². The van der Waals surface area contributed by atoms with E-state index in [1.807, 2.05) is 25.9 Å². The smallest absolute Gasteiger partial charge is 0.316 e. The molecule has 13 atom stereocenters. The van der Waals surface area contributed by atoms with Crippen molar-refractivity contribution in [1.29, 1.82) is 0 Å². The molecule has 0 aromatic rings. The summed E-state index contributed by atoms with van der Waals surface area (Å²) in [7, 11) is 3.75. The largest absolute Gasteiger partial charge is 0.459 e. The van der Waals surface area contributed by atoms with E-state index in [0.29, 0.717) is 12.0 Å². The zero-order valence-electron chi connectivity index (χ0n) is 30.1. The van der Waals surface area contributed by atoms with Gasteiger partial charge in [-0.3, -0.25) is 19.2 Å². The number of cyclic esters (lactones) is 1. The van der Waals surface area contributed by atoms with Crippen molar-refractivity contribution in [1.82, 2.24) is 4.90 Å². The van der Waals surface area contributed by atoms with Crippen molar-refractivity contribution in [2.75, 3.05) is 27.3 Å². The fourth-order valence-corrected chi connectivity index (χ4v) is 7.49. The third kappa shape index (κ3) is 8.69. The molecule has 0 amide bonds. The number of esters is 2. The second kappa shape index (κ2) is 15.6. The summed E-state index contributed by atoms with van der Waals surface area (Å²) in [5.74, 6) is -5.66. The number of Topliss-reactive ketones (excluding diaryl/α,β-unsaturated/α-hetero) is 2. The van der Waals surface area contributed by atoms with Crippen molar-refractivity contribution >= 4 is 23.5 Å². The molecular weight excluding hydrogens is 610 g/mol. The van der Waals surface area contributed by atoms with E-state index in [-0.39, 0.29) is 44.0 Å². The lowest BCUT2D eigenvalue weighted by atomic mass is 9.74. The van der Waals surface area contributed by atoms with Gasteiger partial charge in [0.25, 0.3) is 0 Å². The number of hydrogen-bond donors (Lipinski definition) is 1. The zero-order valence-corrected chi connectivity index (χ0v) is 30.1. The highest BCUT2D eigenvalue weighted by atomic mass is 16.7. The summed E-state index contributed by atoms with van der Waals surface area (Å²) in [5.41, 5.74) is -2.55. The average Bonchev–Trinajstić information content (AvgIpc) is 3.00. The van der Waals surface area contributed by atoms with Crippen molar-refractivity contribution in [2.24, 2.45) is 23.7 Å². The lowest BCUT2D eigenvalue weighted by molar-refractivity contribution is -0.299. The van der Waals surface area contributed by atoms with E-state index in [1.165, 1.54) is 20.8 Å². The van der Waals surface area contributed by atoms with Gasteiger partial charge in [-0.1, -0.05) is 34.3 Å². The standard InChI is InChI=1S/C35H57NO11/c1-13-26-35(10,41)31-21(5)27(38)19(3)15-34(9,43-17-18(2)16-42-31)30(22(6)28(39)23(7)32(40)46-26)47-33-29(45-24(8)37)25(36(11)12)14-20(4)44-33/h19-23,25-26,29-31,33,41H,2,13-17H2,1,3-12H3/t19-,20-,21+,22+,23-,25+,26?,29-,30-,31-,33+,34-,35-/m1/s1. The van der Waals surface area contributed by atoms with Gasteiger partial charge in [-0.25, -0.2) is 0 Å². The Hall–Kier alpha value is -2.22. The van der Waals surface area contributed by atoms with Gasteiger partial charge in [-0.15, -0.1) is 0 Å². The molecule has 1 N–H and O–H groups in total. The summed E-state index contributed by atoms with van der Waals surface area (Å²) in [5, 5.41) is 11.9. The normalized spacial score (nSPS) is 43.0. The Morgan fingerprint density at radius 1 is 1.04 bits per heavy atom. The second-order valence-electron chi connectivity index (χ2n) is 14.6. The minimum absolute atomic E-state index is 0.000755. The van der Waals surface area contributed by atoms with E-state index in [0.717, 1.165) is 0 Å². The first-order valence-corrected chi connectivity index (χ1v) is 16.8. The maximum atomic E-state index is 14.2. The first-order valence-electron chi connectivity index (χ1n) is 16.8. The molecule has 12 heteroatoms. The Labute approximate surface area is 279 Å². The highest BCUT2D eigenvalue weighted by Gasteiger charge is 2.53. The molecule has 0 radical (unpaired) electrons. The third-order valence-corrected chi connectivity index (χ3v) is 10.1. The molecule has 0 spiro atoms. The first kappa shape index (κ1) is 39.2. The Morgan fingerprint density at radius 2 is 1.68 bits per heavy atom. The first-order chi connectivity index (χ1) is 21.7. The maximum Gasteiger partial charge on any atom is 0.316 e. The van der Waals surface area contributed by atoms with Gasteiger partial charge in [-0.05, 0) is 66.6 Å². The van der Waals surface area contributed by atoms with Gasteiger partial charge in [0.15, 0.2) is 18.2 Å². The predicted molar refractivity (Wildman–Crippen MR) is 172 cm³/mol. The fourth-order valence-electron chi connectivity index (χ4n) is 7.49. The summed E-state index contributed by atoms with van der Waals surface area (Å²) in [4.78, 5) is 56.1. The van der Waals surface area contributed by atoms with Crippen LogP contribution >= 0.6 is 0 Å².